The van der Waals surface area contributed by atoms with Crippen LogP contribution in [0, 0.1) is 6.92 Å². The van der Waals surface area contributed by atoms with E-state index in [1.807, 2.05) is 31.0 Å². The zero-order valence-corrected chi connectivity index (χ0v) is 12.4. The van der Waals surface area contributed by atoms with Crippen molar-refractivity contribution in [2.45, 2.75) is 26.3 Å². The first kappa shape index (κ1) is 14.9. The maximum atomic E-state index is 12.5. The lowest BCUT2D eigenvalue weighted by molar-refractivity contribution is 0.0743. The van der Waals surface area contributed by atoms with Gasteiger partial charge in [-0.3, -0.25) is 4.79 Å². The first-order valence-corrected chi connectivity index (χ1v) is 7.52. The minimum atomic E-state index is 0.0562. The van der Waals surface area contributed by atoms with Gasteiger partial charge in [0.1, 0.15) is 0 Å². The zero-order chi connectivity index (χ0) is 13.7. The van der Waals surface area contributed by atoms with Gasteiger partial charge in [-0.25, -0.2) is 0 Å². The molecule has 1 aromatic rings. The molecule has 0 spiro atoms. The molecule has 4 heteroatoms. The lowest BCUT2D eigenvalue weighted by Crippen LogP contribution is -2.38. The number of nitrogens with two attached hydrogens (primary N) is 1. The van der Waals surface area contributed by atoms with Crippen LogP contribution < -0.4 is 5.73 Å². The summed E-state index contributed by atoms with van der Waals surface area (Å²) in [4.78, 5) is 14.3. The van der Waals surface area contributed by atoms with Gasteiger partial charge in [0.2, 0.25) is 0 Å². The van der Waals surface area contributed by atoms with Crippen molar-refractivity contribution in [2.75, 3.05) is 24.8 Å². The van der Waals surface area contributed by atoms with Crippen molar-refractivity contribution in [1.29, 1.82) is 0 Å². The number of rotatable bonds is 5. The maximum Gasteiger partial charge on any atom is 0.254 e. The number of amides is 1. The van der Waals surface area contributed by atoms with Crippen LogP contribution in [-0.4, -0.2) is 35.9 Å². The van der Waals surface area contributed by atoms with Crippen molar-refractivity contribution in [2.24, 2.45) is 0 Å². The number of benzene rings is 1. The molecule has 0 saturated heterocycles. The van der Waals surface area contributed by atoms with Gasteiger partial charge in [0.15, 0.2) is 0 Å². The fourth-order valence-corrected chi connectivity index (χ4v) is 2.77. The molecule has 1 unspecified atom stereocenters. The second-order valence-electron chi connectivity index (χ2n) is 4.51. The van der Waals surface area contributed by atoms with Gasteiger partial charge in [-0.2, -0.15) is 11.8 Å². The van der Waals surface area contributed by atoms with E-state index in [1.165, 1.54) is 0 Å². The number of hydrogen-bond acceptors (Lipinski definition) is 3. The highest BCUT2D eigenvalue weighted by Gasteiger charge is 2.20. The Bertz CT molecular complexity index is 420. The molecule has 1 rings (SSSR count). The standard InChI is InChI=1S/C14H22N2OS/c1-5-12(9-18-4)16(3)14(17)13-8-11(15)7-6-10(13)2/h6-8,12H,5,9,15H2,1-4H3. The Morgan fingerprint density at radius 3 is 2.72 bits per heavy atom. The maximum absolute atomic E-state index is 12.5. The summed E-state index contributed by atoms with van der Waals surface area (Å²) < 4.78 is 0. The Morgan fingerprint density at radius 1 is 1.50 bits per heavy atom. The Morgan fingerprint density at radius 2 is 2.17 bits per heavy atom. The van der Waals surface area contributed by atoms with Gasteiger partial charge in [0.25, 0.3) is 5.91 Å². The molecule has 1 aromatic carbocycles. The van der Waals surface area contributed by atoms with Crippen LogP contribution >= 0.6 is 11.8 Å². The second kappa shape index (κ2) is 6.69. The topological polar surface area (TPSA) is 46.3 Å². The largest absolute Gasteiger partial charge is 0.399 e. The van der Waals surface area contributed by atoms with E-state index in [0.29, 0.717) is 11.3 Å². The quantitative estimate of drug-likeness (QED) is 0.834. The molecule has 0 aliphatic carbocycles. The molecule has 2 N–H and O–H groups in total. The number of carbonyl (C=O) groups is 1. The fraction of sp³-hybridized carbons (Fsp3) is 0.500. The van der Waals surface area contributed by atoms with Crippen molar-refractivity contribution >= 4 is 23.4 Å². The van der Waals surface area contributed by atoms with E-state index < -0.39 is 0 Å². The number of nitrogen functional groups attached to an aromatic ring is 1. The summed E-state index contributed by atoms with van der Waals surface area (Å²) in [5.41, 5.74) is 8.07. The molecule has 1 atom stereocenters. The highest BCUT2D eigenvalue weighted by atomic mass is 32.2. The minimum Gasteiger partial charge on any atom is -0.399 e. The summed E-state index contributed by atoms with van der Waals surface area (Å²) >= 11 is 1.76. The molecule has 0 radical (unpaired) electrons. The molecular formula is C14H22N2OS. The lowest BCUT2D eigenvalue weighted by Gasteiger charge is -2.27. The van der Waals surface area contributed by atoms with E-state index in [-0.39, 0.29) is 11.9 Å². The molecule has 1 amide bonds. The Hall–Kier alpha value is -1.16. The Kier molecular flexibility index (Phi) is 5.54. The van der Waals surface area contributed by atoms with E-state index >= 15 is 0 Å². The number of carbonyl (C=O) groups excluding carboxylic acids is 1. The van der Waals surface area contributed by atoms with E-state index in [4.69, 9.17) is 5.73 Å². The fourth-order valence-electron chi connectivity index (χ4n) is 1.92. The van der Waals surface area contributed by atoms with Gasteiger partial charge in [-0.1, -0.05) is 13.0 Å². The van der Waals surface area contributed by atoms with Crippen LogP contribution in [0.3, 0.4) is 0 Å². The van der Waals surface area contributed by atoms with E-state index in [9.17, 15) is 4.79 Å². The summed E-state index contributed by atoms with van der Waals surface area (Å²) in [7, 11) is 1.87. The lowest BCUT2D eigenvalue weighted by atomic mass is 10.1. The van der Waals surface area contributed by atoms with Gasteiger partial charge < -0.3 is 10.6 Å². The molecule has 18 heavy (non-hydrogen) atoms. The zero-order valence-electron chi connectivity index (χ0n) is 11.6. The van der Waals surface area contributed by atoms with Crippen LogP contribution in [0.4, 0.5) is 5.69 Å². The van der Waals surface area contributed by atoms with Gasteiger partial charge in [-0.15, -0.1) is 0 Å². The smallest absolute Gasteiger partial charge is 0.254 e. The Balaban J connectivity index is 2.95. The number of nitrogens with zero attached hydrogens (tertiary/aromatic N) is 1. The highest BCUT2D eigenvalue weighted by molar-refractivity contribution is 7.98. The van der Waals surface area contributed by atoms with Crippen LogP contribution in [0.2, 0.25) is 0 Å². The third-order valence-corrected chi connectivity index (χ3v) is 3.91. The van der Waals surface area contributed by atoms with Crippen LogP contribution in [0.1, 0.15) is 29.3 Å². The summed E-state index contributed by atoms with van der Waals surface area (Å²) in [5, 5.41) is 0. The van der Waals surface area contributed by atoms with Crippen molar-refractivity contribution < 1.29 is 4.79 Å². The third kappa shape index (κ3) is 3.42. The molecule has 0 heterocycles. The molecule has 0 aliphatic heterocycles. The van der Waals surface area contributed by atoms with Gasteiger partial charge in [0.05, 0.1) is 0 Å². The predicted molar refractivity (Wildman–Crippen MR) is 80.1 cm³/mol. The van der Waals surface area contributed by atoms with Gasteiger partial charge >= 0.3 is 0 Å². The molecule has 0 saturated carbocycles. The Labute approximate surface area is 114 Å². The number of aryl methyl sites for hydroxylation is 1. The molecule has 0 aliphatic rings. The van der Waals surface area contributed by atoms with Crippen molar-refractivity contribution in [3.8, 4) is 0 Å². The van der Waals surface area contributed by atoms with Crippen LogP contribution in [0.25, 0.3) is 0 Å². The number of anilines is 1. The second-order valence-corrected chi connectivity index (χ2v) is 5.42. The first-order valence-electron chi connectivity index (χ1n) is 6.13. The van der Waals surface area contributed by atoms with Crippen LogP contribution in [-0.2, 0) is 0 Å². The number of thioether (sulfide) groups is 1. The molecule has 3 nitrogen and oxygen atoms in total. The summed E-state index contributed by atoms with van der Waals surface area (Å²) in [5.74, 6) is 1.01. The normalized spacial score (nSPS) is 12.2. The molecular weight excluding hydrogens is 244 g/mol. The highest BCUT2D eigenvalue weighted by Crippen LogP contribution is 2.17. The van der Waals surface area contributed by atoms with E-state index in [0.717, 1.165) is 17.7 Å². The van der Waals surface area contributed by atoms with Crippen molar-refractivity contribution in [1.82, 2.24) is 4.90 Å². The third-order valence-electron chi connectivity index (χ3n) is 3.19. The SMILES string of the molecule is CCC(CSC)N(C)C(=O)c1cc(N)ccc1C. The minimum absolute atomic E-state index is 0.0562. The van der Waals surface area contributed by atoms with Crippen LogP contribution in [0.5, 0.6) is 0 Å². The van der Waals surface area contributed by atoms with E-state index in [1.54, 1.807) is 17.8 Å². The average Bonchev–Trinajstić information content (AvgIpc) is 2.37. The number of hydrogen-bond donors (Lipinski definition) is 1. The molecule has 0 aromatic heterocycles. The van der Waals surface area contributed by atoms with Gasteiger partial charge in [-0.05, 0) is 37.3 Å². The monoisotopic (exact) mass is 266 g/mol. The van der Waals surface area contributed by atoms with E-state index in [2.05, 4.69) is 13.2 Å². The van der Waals surface area contributed by atoms with Crippen molar-refractivity contribution in [3.63, 3.8) is 0 Å². The van der Waals surface area contributed by atoms with Crippen molar-refractivity contribution in [3.05, 3.63) is 29.3 Å². The predicted octanol–water partition coefficient (Wildman–Crippen LogP) is 2.79. The summed E-state index contributed by atoms with van der Waals surface area (Å²) in [6.45, 7) is 4.05. The molecule has 100 valence electrons. The first-order chi connectivity index (χ1) is 8.51. The molecule has 0 fully saturated rings. The summed E-state index contributed by atoms with van der Waals surface area (Å²) in [6, 6.07) is 5.75. The molecule has 0 bridgehead atoms. The van der Waals surface area contributed by atoms with Gasteiger partial charge in [0, 0.05) is 30.1 Å². The average molecular weight is 266 g/mol. The summed E-state index contributed by atoms with van der Waals surface area (Å²) in [6.07, 6.45) is 3.02. The van der Waals surface area contributed by atoms with Crippen LogP contribution in [0.15, 0.2) is 18.2 Å².